The van der Waals surface area contributed by atoms with Crippen LogP contribution in [0.4, 0.5) is 0 Å². The molecule has 1 aromatic carbocycles. The molecule has 63 heavy (non-hydrogen) atoms. The van der Waals surface area contributed by atoms with Crippen molar-refractivity contribution in [3.05, 3.63) is 188 Å². The van der Waals surface area contributed by atoms with Gasteiger partial charge in [0.15, 0.2) is 11.6 Å². The van der Waals surface area contributed by atoms with Crippen molar-refractivity contribution in [2.45, 2.75) is 109 Å². The van der Waals surface area contributed by atoms with E-state index in [0.717, 1.165) is 88.1 Å². The summed E-state index contributed by atoms with van der Waals surface area (Å²) in [4.78, 5) is 22.4. The molecule has 0 N–H and O–H groups in total. The molecule has 12 rings (SSSR count). The van der Waals surface area contributed by atoms with Crippen molar-refractivity contribution < 1.29 is 0 Å². The van der Waals surface area contributed by atoms with Crippen LogP contribution in [0.15, 0.2) is 144 Å². The Morgan fingerprint density at radius 3 is 2.35 bits per heavy atom. The molecule has 3 aromatic rings. The lowest BCUT2D eigenvalue weighted by Gasteiger charge is -2.35. The van der Waals surface area contributed by atoms with Gasteiger partial charge in [0.2, 0.25) is 0 Å². The first-order valence-electron chi connectivity index (χ1n) is 24.2. The zero-order chi connectivity index (χ0) is 41.9. The molecule has 1 fully saturated rings. The summed E-state index contributed by atoms with van der Waals surface area (Å²) in [5, 5.41) is 0. The van der Waals surface area contributed by atoms with E-state index in [-0.39, 0.29) is 11.8 Å². The van der Waals surface area contributed by atoms with Gasteiger partial charge in [-0.3, -0.25) is 0 Å². The average Bonchev–Trinajstić information content (AvgIpc) is 3.90. The van der Waals surface area contributed by atoms with Crippen LogP contribution >= 0.6 is 11.3 Å². The summed E-state index contributed by atoms with van der Waals surface area (Å²) in [6.45, 7) is 2.42. The summed E-state index contributed by atoms with van der Waals surface area (Å²) in [7, 11) is 0. The van der Waals surface area contributed by atoms with Crippen LogP contribution in [-0.2, 0) is 12.8 Å². The van der Waals surface area contributed by atoms with Crippen LogP contribution in [0.25, 0.3) is 28.5 Å². The molecule has 9 aliphatic rings. The van der Waals surface area contributed by atoms with Crippen molar-refractivity contribution in [2.24, 2.45) is 23.7 Å². The number of hydrogen-bond acceptors (Lipinski definition) is 5. The van der Waals surface area contributed by atoms with Gasteiger partial charge in [0.25, 0.3) is 0 Å². The van der Waals surface area contributed by atoms with Crippen LogP contribution in [0.3, 0.4) is 0 Å². The maximum atomic E-state index is 5.60. The van der Waals surface area contributed by atoms with Gasteiger partial charge in [0.05, 0.1) is 11.7 Å². The number of nitrogens with zero attached hydrogens (tertiary/aromatic N) is 4. The Balaban J connectivity index is 0.951. The maximum Gasteiger partial charge on any atom is 0.160 e. The van der Waals surface area contributed by atoms with Crippen molar-refractivity contribution in [3.8, 4) is 0 Å². The van der Waals surface area contributed by atoms with Crippen molar-refractivity contribution >= 4 is 39.8 Å². The van der Waals surface area contributed by atoms with Crippen LogP contribution in [0, 0.1) is 23.7 Å². The predicted molar refractivity (Wildman–Crippen MR) is 262 cm³/mol. The summed E-state index contributed by atoms with van der Waals surface area (Å²) in [5.41, 5.74) is 15.8. The van der Waals surface area contributed by atoms with Gasteiger partial charge in [-0.05, 0) is 133 Å². The van der Waals surface area contributed by atoms with E-state index < -0.39 is 0 Å². The molecule has 0 saturated heterocycles. The van der Waals surface area contributed by atoms with Gasteiger partial charge in [0.1, 0.15) is 5.82 Å². The molecule has 5 heteroatoms. The monoisotopic (exact) mass is 842 g/mol. The van der Waals surface area contributed by atoms with E-state index in [1.54, 1.807) is 20.9 Å². The molecule has 0 bridgehead atoms. The van der Waals surface area contributed by atoms with E-state index >= 15 is 0 Å². The van der Waals surface area contributed by atoms with Crippen LogP contribution in [-0.4, -0.2) is 25.9 Å². The number of rotatable bonds is 7. The Bertz CT molecular complexity index is 2730. The minimum absolute atomic E-state index is 0.267. The standard InChI is InChI=1S/C58H58N4S/c1-37-17-11-12-24-43(37)57-59-56(39-20-7-3-8-21-39)60-58(61-57)50-35-40(45-26-14-13-25-44(45)38-18-5-2-6-19-38)29-31-46(50)41-30-32-49-53(36-41)63-52-34-33-48-47-27-15-16-28-51(47)62(55(48)54(49)52)42-22-9-4-10-23-42/h2-7,9,13-16,18-20,22,25,27,29-30,32,35,37,41,43,45-46,51H,8,10-12,17,21,23-24,26,28,31,33-34,36H2,1H3/t37?,41?,43?,45?,46?,51-/m1/s1. The number of aromatic nitrogens is 3. The SMILES string of the molecule is CC1CCCCC1c1nc(C2=CC=CCC2)nc(C2=CC(C3CC=CC=C3c3ccccc3)=CCC2C2C=Cc3c(sc4c3C3=C(CC4)C4=CC=CC[C@H]4N3C3=CC=CCC3)C2)n1. The van der Waals surface area contributed by atoms with E-state index in [9.17, 15) is 0 Å². The molecule has 5 unspecified atom stereocenters. The molecule has 0 radical (unpaired) electrons. The van der Waals surface area contributed by atoms with E-state index in [1.165, 1.54) is 69.6 Å². The third-order valence-electron chi connectivity index (χ3n) is 15.7. The van der Waals surface area contributed by atoms with E-state index in [1.807, 2.05) is 0 Å². The van der Waals surface area contributed by atoms with Crippen molar-refractivity contribution in [3.63, 3.8) is 0 Å². The number of allylic oxidation sites excluding steroid dienone is 19. The molecule has 316 valence electrons. The first-order chi connectivity index (χ1) is 31.2. The Labute approximate surface area is 378 Å². The minimum atomic E-state index is 0.267. The molecule has 3 heterocycles. The van der Waals surface area contributed by atoms with Crippen molar-refractivity contribution in [1.29, 1.82) is 0 Å². The summed E-state index contributed by atoms with van der Waals surface area (Å²) < 4.78 is 0. The van der Waals surface area contributed by atoms with Crippen LogP contribution in [0.2, 0.25) is 0 Å². The van der Waals surface area contributed by atoms with Gasteiger partial charge in [-0.25, -0.2) is 15.0 Å². The molecule has 6 atom stereocenters. The number of fused-ring (bicyclic) bond motifs is 6. The van der Waals surface area contributed by atoms with Gasteiger partial charge in [-0.1, -0.05) is 148 Å². The Morgan fingerprint density at radius 2 is 1.51 bits per heavy atom. The van der Waals surface area contributed by atoms with Gasteiger partial charge >= 0.3 is 0 Å². The van der Waals surface area contributed by atoms with Crippen LogP contribution < -0.4 is 0 Å². The first kappa shape index (κ1) is 39.2. The fourth-order valence-electron chi connectivity index (χ4n) is 12.4. The van der Waals surface area contributed by atoms with Crippen molar-refractivity contribution in [1.82, 2.24) is 19.9 Å². The smallest absolute Gasteiger partial charge is 0.160 e. The fourth-order valence-corrected chi connectivity index (χ4v) is 13.8. The molecular formula is C58H58N4S. The lowest BCUT2D eigenvalue weighted by Crippen LogP contribution is -2.31. The normalized spacial score (nSPS) is 28.3. The zero-order valence-corrected chi connectivity index (χ0v) is 37.5. The number of thiophene rings is 1. The lowest BCUT2D eigenvalue weighted by atomic mass is 9.71. The second-order valence-electron chi connectivity index (χ2n) is 19.3. The second-order valence-corrected chi connectivity index (χ2v) is 20.5. The Morgan fingerprint density at radius 1 is 0.698 bits per heavy atom. The van der Waals surface area contributed by atoms with Crippen molar-refractivity contribution in [2.75, 3.05) is 0 Å². The fraction of sp³-hybridized carbons (Fsp3) is 0.362. The van der Waals surface area contributed by atoms with Gasteiger partial charge < -0.3 is 4.90 Å². The number of benzene rings is 1. The quantitative estimate of drug-likeness (QED) is 0.238. The Hall–Kier alpha value is -5.39. The number of aryl methyl sites for hydroxylation is 1. The highest BCUT2D eigenvalue weighted by Crippen LogP contribution is 2.55. The minimum Gasteiger partial charge on any atom is -0.337 e. The van der Waals surface area contributed by atoms with E-state index in [2.05, 4.69) is 151 Å². The molecule has 1 aliphatic heterocycles. The summed E-state index contributed by atoms with van der Waals surface area (Å²) >= 11 is 2.11. The second kappa shape index (κ2) is 16.6. The average molecular weight is 843 g/mol. The first-order valence-corrected chi connectivity index (χ1v) is 25.0. The third kappa shape index (κ3) is 7.06. The molecular weight excluding hydrogens is 785 g/mol. The topological polar surface area (TPSA) is 41.9 Å². The number of hydrogen-bond donors (Lipinski definition) is 0. The molecule has 4 nitrogen and oxygen atoms in total. The molecule has 0 amide bonds. The van der Waals surface area contributed by atoms with Crippen LogP contribution in [0.5, 0.6) is 0 Å². The third-order valence-corrected chi connectivity index (χ3v) is 16.9. The van der Waals surface area contributed by atoms with E-state index in [0.29, 0.717) is 23.8 Å². The highest BCUT2D eigenvalue weighted by atomic mass is 32.1. The molecule has 8 aliphatic carbocycles. The largest absolute Gasteiger partial charge is 0.337 e. The highest BCUT2D eigenvalue weighted by molar-refractivity contribution is 7.12. The lowest BCUT2D eigenvalue weighted by molar-refractivity contribution is 0.318. The molecule has 2 aromatic heterocycles. The highest BCUT2D eigenvalue weighted by Gasteiger charge is 2.43. The Kier molecular flexibility index (Phi) is 10.4. The predicted octanol–water partition coefficient (Wildman–Crippen LogP) is 14.3. The molecule has 1 saturated carbocycles. The zero-order valence-electron chi connectivity index (χ0n) is 36.7. The van der Waals surface area contributed by atoms with Gasteiger partial charge in [-0.2, -0.15) is 0 Å². The van der Waals surface area contributed by atoms with Crippen LogP contribution in [0.1, 0.15) is 134 Å². The van der Waals surface area contributed by atoms with Gasteiger partial charge in [0, 0.05) is 38.4 Å². The summed E-state index contributed by atoms with van der Waals surface area (Å²) in [5.74, 6) is 4.67. The van der Waals surface area contributed by atoms with E-state index in [4.69, 9.17) is 15.0 Å². The van der Waals surface area contributed by atoms with Gasteiger partial charge in [-0.15, -0.1) is 11.3 Å². The summed E-state index contributed by atoms with van der Waals surface area (Å²) in [6.07, 6.45) is 53.6. The maximum absolute atomic E-state index is 5.60. The summed E-state index contributed by atoms with van der Waals surface area (Å²) in [6, 6.07) is 11.4. The molecule has 0 spiro atoms.